The van der Waals surface area contributed by atoms with Gasteiger partial charge in [-0.15, -0.1) is 0 Å². The molecule has 4 atom stereocenters. The van der Waals surface area contributed by atoms with E-state index >= 15 is 0 Å². The zero-order valence-electron chi connectivity index (χ0n) is 7.48. The minimum Gasteiger partial charge on any atom is -0.478 e. The predicted octanol–water partition coefficient (Wildman–Crippen LogP) is -3.60. The maximum atomic E-state index is 10.4. The molecule has 0 spiro atoms. The number of nitriles is 1. The molecule has 8 heteroatoms. The van der Waals surface area contributed by atoms with Crippen molar-refractivity contribution in [3.8, 4) is 6.07 Å². The molecule has 6 N–H and O–H groups in total. The zero-order valence-corrected chi connectivity index (χ0v) is 7.48. The third kappa shape index (κ3) is 2.62. The normalized spacial score (nSPS) is 20.8. The van der Waals surface area contributed by atoms with E-state index in [4.69, 9.17) is 35.9 Å². The highest BCUT2D eigenvalue weighted by molar-refractivity contribution is 5.81. The minimum atomic E-state index is -3.24. The molecule has 15 heavy (non-hydrogen) atoms. The zero-order chi connectivity index (χ0) is 12.2. The molecule has 0 fully saturated rings. The van der Waals surface area contributed by atoms with E-state index in [9.17, 15) is 4.79 Å². The second-order valence-corrected chi connectivity index (χ2v) is 2.87. The summed E-state index contributed by atoms with van der Waals surface area (Å²) in [5, 5.41) is 61.3. The van der Waals surface area contributed by atoms with Crippen LogP contribution in [-0.2, 0) is 4.79 Å². The van der Waals surface area contributed by atoms with Crippen molar-refractivity contribution in [2.75, 3.05) is 6.61 Å². The number of rotatable bonds is 5. The first-order valence-corrected chi connectivity index (χ1v) is 3.83. The van der Waals surface area contributed by atoms with Gasteiger partial charge in [-0.05, 0) is 0 Å². The van der Waals surface area contributed by atoms with Crippen molar-refractivity contribution in [1.82, 2.24) is 0 Å². The lowest BCUT2D eigenvalue weighted by molar-refractivity contribution is -0.178. The van der Waals surface area contributed by atoms with Crippen molar-refractivity contribution in [2.45, 2.75) is 23.9 Å². The number of hydrogen-bond acceptors (Lipinski definition) is 7. The van der Waals surface area contributed by atoms with Gasteiger partial charge in [0.2, 0.25) is 0 Å². The van der Waals surface area contributed by atoms with Gasteiger partial charge in [0.1, 0.15) is 24.4 Å². The third-order valence-corrected chi connectivity index (χ3v) is 1.83. The lowest BCUT2D eigenvalue weighted by Crippen LogP contribution is -2.57. The van der Waals surface area contributed by atoms with Gasteiger partial charge in [0.15, 0.2) is 0 Å². The minimum absolute atomic E-state index is 0.891. The van der Waals surface area contributed by atoms with Crippen molar-refractivity contribution in [3.63, 3.8) is 0 Å². The largest absolute Gasteiger partial charge is 0.478 e. The second-order valence-electron chi connectivity index (χ2n) is 2.87. The van der Waals surface area contributed by atoms with Crippen molar-refractivity contribution >= 4 is 5.97 Å². The summed E-state index contributed by atoms with van der Waals surface area (Å²) in [6, 6.07) is 0.891. The van der Waals surface area contributed by atoms with E-state index in [1.807, 2.05) is 0 Å². The Balaban J connectivity index is 4.90. The number of carboxylic acid groups (broad SMARTS) is 1. The number of hydrogen-bond donors (Lipinski definition) is 6. The molecule has 0 aliphatic rings. The third-order valence-electron chi connectivity index (χ3n) is 1.83. The summed E-state index contributed by atoms with van der Waals surface area (Å²) in [5.74, 6) is -2.07. The van der Waals surface area contributed by atoms with Crippen LogP contribution in [0.25, 0.3) is 0 Å². The predicted molar refractivity (Wildman–Crippen MR) is 43.3 cm³/mol. The molecule has 0 saturated heterocycles. The van der Waals surface area contributed by atoms with Crippen molar-refractivity contribution < 1.29 is 35.4 Å². The van der Waals surface area contributed by atoms with E-state index in [1.54, 1.807) is 0 Å². The maximum Gasteiger partial charge on any atom is 0.353 e. The molecule has 0 aliphatic carbocycles. The fourth-order valence-corrected chi connectivity index (χ4v) is 0.806. The van der Waals surface area contributed by atoms with Crippen LogP contribution in [0.2, 0.25) is 0 Å². The Kier molecular flexibility index (Phi) is 4.60. The quantitative estimate of drug-likeness (QED) is 0.259. The summed E-state index contributed by atoms with van der Waals surface area (Å²) in [4.78, 5) is 10.4. The first kappa shape index (κ1) is 13.8. The monoisotopic (exact) mass is 221 g/mol. The number of carboxylic acids is 1. The van der Waals surface area contributed by atoms with Gasteiger partial charge in [-0.2, -0.15) is 5.26 Å². The van der Waals surface area contributed by atoms with Gasteiger partial charge in [-0.3, -0.25) is 0 Å². The Morgan fingerprint density at radius 3 is 2.13 bits per heavy atom. The molecule has 0 rings (SSSR count). The van der Waals surface area contributed by atoms with Gasteiger partial charge >= 0.3 is 5.97 Å². The SMILES string of the molecule is N#C[C@](O)(C(=O)O)[C@@H](O)[C@H](O)[C@H](O)CO. The van der Waals surface area contributed by atoms with Crippen LogP contribution in [0.15, 0.2) is 0 Å². The number of nitrogens with zero attached hydrogens (tertiary/aromatic N) is 1. The fourth-order valence-electron chi connectivity index (χ4n) is 0.806. The number of aliphatic hydroxyl groups excluding tert-OH is 4. The molecule has 0 saturated carbocycles. The smallest absolute Gasteiger partial charge is 0.353 e. The first-order valence-electron chi connectivity index (χ1n) is 3.83. The number of aliphatic carboxylic acids is 1. The molecule has 0 amide bonds. The summed E-state index contributed by atoms with van der Waals surface area (Å²) in [5.41, 5.74) is -3.24. The molecule has 0 radical (unpaired) electrons. The molecule has 0 aromatic rings. The first-order chi connectivity index (χ1) is 6.81. The van der Waals surface area contributed by atoms with Crippen LogP contribution in [0.3, 0.4) is 0 Å². The number of carbonyl (C=O) groups is 1. The van der Waals surface area contributed by atoms with Crippen LogP contribution < -0.4 is 0 Å². The van der Waals surface area contributed by atoms with Crippen LogP contribution >= 0.6 is 0 Å². The van der Waals surface area contributed by atoms with E-state index in [1.165, 1.54) is 0 Å². The Bertz CT molecular complexity index is 275. The molecule has 0 bridgehead atoms. The molecule has 0 aromatic carbocycles. The van der Waals surface area contributed by atoms with E-state index in [2.05, 4.69) is 0 Å². The molecular formula is C7H11NO7. The van der Waals surface area contributed by atoms with Gasteiger partial charge in [0.05, 0.1) is 6.61 Å². The van der Waals surface area contributed by atoms with Crippen molar-refractivity contribution in [2.24, 2.45) is 0 Å². The summed E-state index contributed by atoms with van der Waals surface area (Å²) >= 11 is 0. The van der Waals surface area contributed by atoms with Gasteiger partial charge in [-0.25, -0.2) is 4.79 Å². The van der Waals surface area contributed by atoms with E-state index in [0.717, 1.165) is 6.07 Å². The van der Waals surface area contributed by atoms with Crippen LogP contribution in [0.4, 0.5) is 0 Å². The highest BCUT2D eigenvalue weighted by Gasteiger charge is 2.49. The second kappa shape index (κ2) is 5.01. The van der Waals surface area contributed by atoms with Crippen molar-refractivity contribution in [3.05, 3.63) is 0 Å². The van der Waals surface area contributed by atoms with Crippen molar-refractivity contribution in [1.29, 1.82) is 5.26 Å². The van der Waals surface area contributed by atoms with E-state index < -0.39 is 36.5 Å². The number of aliphatic hydroxyl groups is 5. The summed E-state index contributed by atoms with van der Waals surface area (Å²) in [7, 11) is 0. The fraction of sp³-hybridized carbons (Fsp3) is 0.714. The molecule has 0 heterocycles. The summed E-state index contributed by atoms with van der Waals surface area (Å²) < 4.78 is 0. The Labute approximate surface area is 84.2 Å². The molecular weight excluding hydrogens is 210 g/mol. The Hall–Kier alpha value is -1.24. The summed E-state index contributed by atoms with van der Waals surface area (Å²) in [6.45, 7) is -0.959. The van der Waals surface area contributed by atoms with Crippen LogP contribution in [0.1, 0.15) is 0 Å². The molecule has 8 nitrogen and oxygen atoms in total. The van der Waals surface area contributed by atoms with E-state index in [0.29, 0.717) is 0 Å². The lowest BCUT2D eigenvalue weighted by atomic mass is 9.92. The standard InChI is InChI=1S/C7H11NO7/c8-2-7(15,6(13)14)5(12)4(11)3(10)1-9/h3-5,9-12,15H,1H2,(H,13,14)/t3-,4-,5+,7-/m1/s1. The molecule has 0 aliphatic heterocycles. The molecule has 86 valence electrons. The van der Waals surface area contributed by atoms with Crippen LogP contribution in [0, 0.1) is 11.3 Å². The van der Waals surface area contributed by atoms with Crippen LogP contribution in [-0.4, -0.2) is 67.1 Å². The average molecular weight is 221 g/mol. The molecule has 0 unspecified atom stereocenters. The maximum absolute atomic E-state index is 10.4. The van der Waals surface area contributed by atoms with Crippen LogP contribution in [0.5, 0.6) is 0 Å². The summed E-state index contributed by atoms with van der Waals surface area (Å²) in [6.07, 6.45) is -6.46. The highest BCUT2D eigenvalue weighted by Crippen LogP contribution is 2.15. The van der Waals surface area contributed by atoms with E-state index in [-0.39, 0.29) is 0 Å². The Morgan fingerprint density at radius 2 is 1.87 bits per heavy atom. The van der Waals surface area contributed by atoms with Gasteiger partial charge in [0.25, 0.3) is 5.60 Å². The van der Waals surface area contributed by atoms with Gasteiger partial charge in [0, 0.05) is 0 Å². The average Bonchev–Trinajstić information content (AvgIpc) is 2.24. The highest BCUT2D eigenvalue weighted by atomic mass is 16.4. The Morgan fingerprint density at radius 1 is 1.40 bits per heavy atom. The topological polar surface area (TPSA) is 162 Å². The van der Waals surface area contributed by atoms with Gasteiger partial charge in [-0.1, -0.05) is 0 Å². The van der Waals surface area contributed by atoms with Gasteiger partial charge < -0.3 is 30.6 Å². The lowest BCUT2D eigenvalue weighted by Gasteiger charge is -2.27. The molecule has 0 aromatic heterocycles.